The smallest absolute Gasteiger partial charge is 0.329 e. The SMILES string of the molecule is CC1CCC(Nc2ccc(Cl)cc2C(N)=O)(C(=O)O)CC1. The molecule has 1 saturated carbocycles. The number of aliphatic carboxylic acids is 1. The number of hydrogen-bond donors (Lipinski definition) is 3. The molecule has 5 nitrogen and oxygen atoms in total. The molecule has 0 spiro atoms. The van der Waals surface area contributed by atoms with Crippen molar-refractivity contribution in [3.63, 3.8) is 0 Å². The van der Waals surface area contributed by atoms with Crippen molar-refractivity contribution in [2.24, 2.45) is 11.7 Å². The summed E-state index contributed by atoms with van der Waals surface area (Å²) in [7, 11) is 0. The third-order valence-corrected chi connectivity index (χ3v) is 4.39. The lowest BCUT2D eigenvalue weighted by Gasteiger charge is -2.37. The third-order valence-electron chi connectivity index (χ3n) is 4.16. The van der Waals surface area contributed by atoms with E-state index in [1.807, 2.05) is 0 Å². The van der Waals surface area contributed by atoms with E-state index in [0.29, 0.717) is 29.5 Å². The van der Waals surface area contributed by atoms with E-state index in [0.717, 1.165) is 12.8 Å². The number of primary amides is 1. The molecule has 4 N–H and O–H groups in total. The molecule has 2 rings (SSSR count). The van der Waals surface area contributed by atoms with Crippen LogP contribution >= 0.6 is 11.6 Å². The van der Waals surface area contributed by atoms with Gasteiger partial charge in [-0.1, -0.05) is 18.5 Å². The molecule has 0 radical (unpaired) electrons. The number of carbonyl (C=O) groups excluding carboxylic acids is 1. The molecule has 0 atom stereocenters. The van der Waals surface area contributed by atoms with Crippen LogP contribution in [-0.2, 0) is 4.79 Å². The normalized spacial score (nSPS) is 25.3. The number of carbonyl (C=O) groups is 2. The number of carboxylic acid groups (broad SMARTS) is 1. The first-order chi connectivity index (χ1) is 9.84. The summed E-state index contributed by atoms with van der Waals surface area (Å²) in [6.45, 7) is 2.11. The summed E-state index contributed by atoms with van der Waals surface area (Å²) < 4.78 is 0. The van der Waals surface area contributed by atoms with Crippen molar-refractivity contribution in [2.45, 2.75) is 38.1 Å². The topological polar surface area (TPSA) is 92.4 Å². The van der Waals surface area contributed by atoms with Gasteiger partial charge < -0.3 is 16.2 Å². The molecule has 0 aromatic heterocycles. The average Bonchev–Trinajstić information content (AvgIpc) is 2.43. The standard InChI is InChI=1S/C15H19ClN2O3/c1-9-4-6-15(7-5-9,14(20)21)18-12-3-2-10(16)8-11(12)13(17)19/h2-3,8-9,18H,4-7H2,1H3,(H2,17,19)(H,20,21). The molecule has 0 unspecified atom stereocenters. The van der Waals surface area contributed by atoms with Crippen molar-refractivity contribution in [2.75, 3.05) is 5.32 Å². The zero-order chi connectivity index (χ0) is 15.6. The Morgan fingerprint density at radius 2 is 2.00 bits per heavy atom. The highest BCUT2D eigenvalue weighted by atomic mass is 35.5. The number of benzene rings is 1. The van der Waals surface area contributed by atoms with E-state index in [1.165, 1.54) is 6.07 Å². The number of nitrogens with one attached hydrogen (secondary N) is 1. The second-order valence-electron chi connectivity index (χ2n) is 5.75. The molecular formula is C15H19ClN2O3. The number of halogens is 1. The minimum Gasteiger partial charge on any atom is -0.480 e. The average molecular weight is 311 g/mol. The molecule has 114 valence electrons. The molecule has 0 aliphatic heterocycles. The van der Waals surface area contributed by atoms with Gasteiger partial charge in [0.15, 0.2) is 0 Å². The summed E-state index contributed by atoms with van der Waals surface area (Å²) in [5.41, 5.74) is 4.92. The molecule has 6 heteroatoms. The van der Waals surface area contributed by atoms with Gasteiger partial charge in [0.05, 0.1) is 5.56 Å². The Balaban J connectivity index is 2.34. The lowest BCUT2D eigenvalue weighted by Crippen LogP contribution is -2.49. The minimum absolute atomic E-state index is 0.210. The third kappa shape index (κ3) is 3.29. The fourth-order valence-electron chi connectivity index (χ4n) is 2.73. The van der Waals surface area contributed by atoms with Gasteiger partial charge in [0, 0.05) is 10.7 Å². The zero-order valence-electron chi connectivity index (χ0n) is 11.9. The number of carboxylic acids is 1. The first-order valence-electron chi connectivity index (χ1n) is 6.95. The first-order valence-corrected chi connectivity index (χ1v) is 7.33. The Hall–Kier alpha value is -1.75. The maximum Gasteiger partial charge on any atom is 0.329 e. The highest BCUT2D eigenvalue weighted by Crippen LogP contribution is 2.36. The van der Waals surface area contributed by atoms with E-state index in [-0.39, 0.29) is 5.56 Å². The summed E-state index contributed by atoms with van der Waals surface area (Å²) in [6.07, 6.45) is 2.70. The van der Waals surface area contributed by atoms with Gasteiger partial charge in [0.25, 0.3) is 5.91 Å². The highest BCUT2D eigenvalue weighted by molar-refractivity contribution is 6.31. The van der Waals surface area contributed by atoms with Crippen molar-refractivity contribution in [3.8, 4) is 0 Å². The fourth-order valence-corrected chi connectivity index (χ4v) is 2.91. The maximum absolute atomic E-state index is 11.7. The monoisotopic (exact) mass is 310 g/mol. The molecule has 1 aromatic rings. The molecule has 1 aliphatic carbocycles. The largest absolute Gasteiger partial charge is 0.480 e. The van der Waals surface area contributed by atoms with E-state index in [2.05, 4.69) is 12.2 Å². The van der Waals surface area contributed by atoms with Crippen LogP contribution in [0, 0.1) is 5.92 Å². The van der Waals surface area contributed by atoms with Gasteiger partial charge in [-0.3, -0.25) is 4.79 Å². The van der Waals surface area contributed by atoms with Crippen LogP contribution in [0.25, 0.3) is 0 Å². The predicted octanol–water partition coefficient (Wildman–Crippen LogP) is 2.88. The summed E-state index contributed by atoms with van der Waals surface area (Å²) in [5.74, 6) is -1.02. The lowest BCUT2D eigenvalue weighted by atomic mass is 9.77. The fraction of sp³-hybridized carbons (Fsp3) is 0.467. The van der Waals surface area contributed by atoms with Crippen LogP contribution in [-0.4, -0.2) is 22.5 Å². The van der Waals surface area contributed by atoms with Gasteiger partial charge in [-0.2, -0.15) is 0 Å². The van der Waals surface area contributed by atoms with E-state index in [9.17, 15) is 14.7 Å². The van der Waals surface area contributed by atoms with Crippen LogP contribution in [0.5, 0.6) is 0 Å². The maximum atomic E-state index is 11.7. The summed E-state index contributed by atoms with van der Waals surface area (Å²) in [6, 6.07) is 4.66. The molecule has 1 amide bonds. The number of hydrogen-bond acceptors (Lipinski definition) is 3. The van der Waals surface area contributed by atoms with E-state index < -0.39 is 17.4 Å². The summed E-state index contributed by atoms with van der Waals surface area (Å²) in [5, 5.41) is 13.0. The van der Waals surface area contributed by atoms with Gasteiger partial charge in [-0.25, -0.2) is 4.79 Å². The Kier molecular flexibility index (Phi) is 4.42. The van der Waals surface area contributed by atoms with Crippen molar-refractivity contribution >= 4 is 29.2 Å². The van der Waals surface area contributed by atoms with Gasteiger partial charge in [0.2, 0.25) is 0 Å². The Labute approximate surface area is 128 Å². The number of amides is 1. The second-order valence-corrected chi connectivity index (χ2v) is 6.19. The number of nitrogens with two attached hydrogens (primary N) is 1. The Morgan fingerprint density at radius 1 is 1.38 bits per heavy atom. The Morgan fingerprint density at radius 3 is 2.52 bits per heavy atom. The van der Waals surface area contributed by atoms with Gasteiger partial charge in [0.1, 0.15) is 5.54 Å². The number of rotatable bonds is 4. The molecule has 1 fully saturated rings. The van der Waals surface area contributed by atoms with Gasteiger partial charge in [-0.15, -0.1) is 0 Å². The second kappa shape index (κ2) is 5.93. The van der Waals surface area contributed by atoms with Gasteiger partial charge >= 0.3 is 5.97 Å². The molecule has 1 aliphatic rings. The molecule has 0 saturated heterocycles. The zero-order valence-corrected chi connectivity index (χ0v) is 12.6. The minimum atomic E-state index is -1.05. The first kappa shape index (κ1) is 15.6. The van der Waals surface area contributed by atoms with Gasteiger partial charge in [-0.05, 0) is 49.8 Å². The number of anilines is 1. The van der Waals surface area contributed by atoms with Crippen molar-refractivity contribution in [1.29, 1.82) is 0 Å². The van der Waals surface area contributed by atoms with E-state index in [1.54, 1.807) is 12.1 Å². The molecule has 1 aromatic carbocycles. The van der Waals surface area contributed by atoms with Crippen LogP contribution < -0.4 is 11.1 Å². The van der Waals surface area contributed by atoms with E-state index >= 15 is 0 Å². The molecule has 0 heterocycles. The van der Waals surface area contributed by atoms with Crippen LogP contribution in [0.4, 0.5) is 5.69 Å². The van der Waals surface area contributed by atoms with Crippen LogP contribution in [0.1, 0.15) is 43.0 Å². The molecule has 0 bridgehead atoms. The van der Waals surface area contributed by atoms with Crippen molar-refractivity contribution < 1.29 is 14.7 Å². The summed E-state index contributed by atoms with van der Waals surface area (Å²) >= 11 is 5.87. The van der Waals surface area contributed by atoms with E-state index in [4.69, 9.17) is 17.3 Å². The van der Waals surface area contributed by atoms with Crippen LogP contribution in [0.2, 0.25) is 5.02 Å². The predicted molar refractivity (Wildman–Crippen MR) is 81.6 cm³/mol. The lowest BCUT2D eigenvalue weighted by molar-refractivity contribution is -0.143. The van der Waals surface area contributed by atoms with Crippen molar-refractivity contribution in [1.82, 2.24) is 0 Å². The van der Waals surface area contributed by atoms with Crippen LogP contribution in [0.3, 0.4) is 0 Å². The molecular weight excluding hydrogens is 292 g/mol. The Bertz CT molecular complexity index is 566. The molecule has 21 heavy (non-hydrogen) atoms. The quantitative estimate of drug-likeness (QED) is 0.797. The highest BCUT2D eigenvalue weighted by Gasteiger charge is 2.41. The van der Waals surface area contributed by atoms with Crippen molar-refractivity contribution in [3.05, 3.63) is 28.8 Å². The summed E-state index contributed by atoms with van der Waals surface area (Å²) in [4.78, 5) is 23.2. The van der Waals surface area contributed by atoms with Crippen LogP contribution in [0.15, 0.2) is 18.2 Å².